The molecule has 6 N–H and O–H groups in total. The predicted molar refractivity (Wildman–Crippen MR) is 257 cm³/mol. The van der Waals surface area contributed by atoms with Crippen LogP contribution in [0.5, 0.6) is 0 Å². The summed E-state index contributed by atoms with van der Waals surface area (Å²) in [6.07, 6.45) is 0. The summed E-state index contributed by atoms with van der Waals surface area (Å²) < 4.78 is 92.9. The lowest BCUT2D eigenvalue weighted by Gasteiger charge is -2.22. The summed E-state index contributed by atoms with van der Waals surface area (Å²) in [4.78, 5) is 53.5. The molecular formula is C21H54O18Si18. The quantitative estimate of drug-likeness (QED) is 0.0771. The van der Waals surface area contributed by atoms with Crippen LogP contribution in [0.25, 0.3) is 0 Å². The van der Waals surface area contributed by atoms with Crippen LogP contribution in [-0.4, -0.2) is 194 Å². The Labute approximate surface area is 368 Å². The lowest BCUT2D eigenvalue weighted by molar-refractivity contribution is 0.395. The lowest BCUT2D eigenvalue weighted by Crippen LogP contribution is -2.56. The molecule has 3 aromatic carbocycles. The molecule has 0 spiro atoms. The van der Waals surface area contributed by atoms with Gasteiger partial charge in [-0.2, -0.15) is 0 Å². The van der Waals surface area contributed by atoms with E-state index in [-0.39, 0.29) is 0 Å². The van der Waals surface area contributed by atoms with Gasteiger partial charge >= 0.3 is 102 Å². The van der Waals surface area contributed by atoms with Crippen LogP contribution >= 0.6 is 0 Å². The fraction of sp³-hybridized carbons (Fsp3) is 0.143. The predicted octanol–water partition coefficient (Wildman–Crippen LogP) is -13.4. The molecule has 318 valence electrons. The molecule has 3 aromatic rings. The van der Waals surface area contributed by atoms with Crippen molar-refractivity contribution >= 4 is 180 Å². The molecule has 0 aromatic heterocycles. The highest BCUT2D eigenvalue weighted by Crippen LogP contribution is 2.01. The first-order chi connectivity index (χ1) is 26.5. The molecule has 2 atom stereocenters. The number of hydrogen-bond donors (Lipinski definition) is 6. The molecule has 0 aliphatic carbocycles. The molecule has 0 heterocycles. The first-order valence-corrected chi connectivity index (χ1v) is 47.4. The molecule has 0 radical (unpaired) electrons. The zero-order valence-corrected chi connectivity index (χ0v) is 58.1. The molecule has 0 saturated heterocycles. The lowest BCUT2D eigenvalue weighted by atomic mass is 10.4. The number of rotatable bonds is 15. The maximum absolute atomic E-state index is 11.2. The third kappa shape index (κ3) is 26.7. The average Bonchev–Trinajstić information content (AvgIpc) is 3.25. The summed E-state index contributed by atoms with van der Waals surface area (Å²) in [6.45, 7) is 4.59. The minimum absolute atomic E-state index is 0.407. The van der Waals surface area contributed by atoms with Gasteiger partial charge in [0, 0.05) is 0 Å². The van der Waals surface area contributed by atoms with Crippen molar-refractivity contribution < 1.29 is 80.2 Å². The van der Waals surface area contributed by atoms with E-state index in [1.54, 1.807) is 42.5 Å². The zero-order chi connectivity index (χ0) is 44.8. The van der Waals surface area contributed by atoms with Crippen molar-refractivity contribution in [2.45, 2.75) is 19.6 Å². The second-order valence-electron chi connectivity index (χ2n) is 11.3. The summed E-state index contributed by atoms with van der Waals surface area (Å²) in [5.74, 6) is 0. The molecule has 57 heavy (non-hydrogen) atoms. The summed E-state index contributed by atoms with van der Waals surface area (Å²) in [7, 11) is -20.2. The largest absolute Gasteiger partial charge is 0.443 e. The average molecular weight is 1100 g/mol. The summed E-state index contributed by atoms with van der Waals surface area (Å²) in [5, 5.41) is 2.10. The maximum Gasteiger partial charge on any atom is 0.409 e. The SMILES string of the molecule is C[Si](O)(O)[SiH]=O.C[Si](O)(O[SiH3])[SiH]=O.C[Si](O[SiH3])(O[SiH3])[SiH]=O.O=[SiH][Si](O)(O)c1ccccc1.O=[SiH][Si](O)(O[SiH3])c1ccccc1.O=[SiH][Si](O[SiH3])(O[SiH3])c1ccccc1. The second-order valence-corrected chi connectivity index (χ2v) is 55.7. The number of benzene rings is 3. The molecule has 0 fully saturated rings. The van der Waals surface area contributed by atoms with Crippen molar-refractivity contribution in [2.24, 2.45) is 0 Å². The monoisotopic (exact) mass is 1100 g/mol. The Hall–Kier alpha value is -0.116. The molecule has 2 unspecified atom stereocenters. The Morgan fingerprint density at radius 3 is 0.982 bits per heavy atom. The molecule has 36 heteroatoms. The highest BCUT2D eigenvalue weighted by molar-refractivity contribution is 7.21. The van der Waals surface area contributed by atoms with E-state index in [4.69, 9.17) is 35.0 Å². The maximum atomic E-state index is 11.2. The Morgan fingerprint density at radius 2 is 0.789 bits per heavy atom. The van der Waals surface area contributed by atoms with Crippen LogP contribution in [0.15, 0.2) is 91.0 Å². The van der Waals surface area contributed by atoms with Gasteiger partial charge in [0.15, 0.2) is 0 Å². The molecular weight excluding hydrogens is 1050 g/mol. The Bertz CT molecular complexity index is 1560. The van der Waals surface area contributed by atoms with Gasteiger partial charge < -0.3 is 80.2 Å². The smallest absolute Gasteiger partial charge is 0.409 e. The minimum atomic E-state index is -3.53. The third-order valence-electron chi connectivity index (χ3n) is 6.84. The van der Waals surface area contributed by atoms with Crippen LogP contribution in [-0.2, 0) is 51.5 Å². The van der Waals surface area contributed by atoms with Crippen LogP contribution in [0.3, 0.4) is 0 Å². The van der Waals surface area contributed by atoms with Gasteiger partial charge in [0.2, 0.25) is 0 Å². The fourth-order valence-electron chi connectivity index (χ4n) is 3.04. The highest BCUT2D eigenvalue weighted by atomic mass is 29.2. The highest BCUT2D eigenvalue weighted by Gasteiger charge is 2.37. The van der Waals surface area contributed by atoms with Crippen LogP contribution in [0.4, 0.5) is 0 Å². The first-order valence-electron chi connectivity index (χ1n) is 16.1. The van der Waals surface area contributed by atoms with Crippen molar-refractivity contribution in [2.75, 3.05) is 0 Å². The Balaban J connectivity index is -0.000000628. The molecule has 0 bridgehead atoms. The molecule has 0 amide bonds. The van der Waals surface area contributed by atoms with E-state index in [2.05, 4.69) is 4.12 Å². The van der Waals surface area contributed by atoms with Crippen LogP contribution in [0, 0.1) is 0 Å². The number of hydrogen-bond acceptors (Lipinski definition) is 18. The van der Waals surface area contributed by atoms with Crippen molar-refractivity contribution in [1.29, 1.82) is 0 Å². The van der Waals surface area contributed by atoms with E-state index in [1.165, 1.54) is 13.1 Å². The van der Waals surface area contributed by atoms with Gasteiger partial charge in [-0.3, -0.25) is 0 Å². The van der Waals surface area contributed by atoms with Gasteiger partial charge in [0.25, 0.3) is 0 Å². The summed E-state index contributed by atoms with van der Waals surface area (Å²) in [5.41, 5.74) is 0. The topological polar surface area (TPSA) is 279 Å². The Kier molecular flexibility index (Phi) is 35.0. The van der Waals surface area contributed by atoms with Crippen LogP contribution in [0.2, 0.25) is 19.6 Å². The zero-order valence-electron chi connectivity index (χ0n) is 33.2. The standard InChI is InChI=1S/C6H12O3Si4.C6H10O3Si3.C6H8O3Si2.CH10O3Si4.CH8O3Si3.CH6O3Si2/c7-12-13(8-10,9-11)6-4-2-1-3-5-6;7-11-12(8,9-10)6-4-2-1-3-5-6;7-10-11(8,9)6-4-2-1-3-5-6;1-8(3-5,4-6)7-2;1-7(3,4-5)6-2;1-6(3,4)5-2/h1-5,12H,10-11H3;1-5,8,11H,10H3;1-5,8-10H;7H,1,5-6H3;3,6H,1,5H3;3-5H,1H3. The molecule has 0 aliphatic heterocycles. The molecule has 0 saturated carbocycles. The van der Waals surface area contributed by atoms with E-state index >= 15 is 0 Å². The molecule has 3 rings (SSSR count). The molecule has 18 nitrogen and oxygen atoms in total. The van der Waals surface area contributed by atoms with Crippen molar-refractivity contribution in [3.63, 3.8) is 0 Å². The fourth-order valence-corrected chi connectivity index (χ4v) is 23.1. The van der Waals surface area contributed by atoms with Crippen LogP contribution in [0.1, 0.15) is 0 Å². The van der Waals surface area contributed by atoms with E-state index in [9.17, 15) is 41.2 Å². The van der Waals surface area contributed by atoms with Gasteiger partial charge in [-0.05, 0) is 35.2 Å². The van der Waals surface area contributed by atoms with E-state index in [0.717, 1.165) is 5.19 Å². The van der Waals surface area contributed by atoms with Crippen molar-refractivity contribution in [3.05, 3.63) is 91.0 Å². The Morgan fingerprint density at radius 1 is 0.421 bits per heavy atom. The van der Waals surface area contributed by atoms with E-state index in [0.29, 0.717) is 73.3 Å². The van der Waals surface area contributed by atoms with Crippen molar-refractivity contribution in [3.8, 4) is 0 Å². The van der Waals surface area contributed by atoms with E-state index < -0.39 is 102 Å². The van der Waals surface area contributed by atoms with Crippen molar-refractivity contribution in [1.82, 2.24) is 0 Å². The van der Waals surface area contributed by atoms with Crippen LogP contribution < -0.4 is 15.6 Å². The third-order valence-corrected chi connectivity index (χ3v) is 52.3. The van der Waals surface area contributed by atoms with Gasteiger partial charge in [-0.25, -0.2) is 0 Å². The second kappa shape index (κ2) is 32.6. The van der Waals surface area contributed by atoms with Gasteiger partial charge in [0.05, 0.1) is 0 Å². The van der Waals surface area contributed by atoms with E-state index in [1.807, 2.05) is 55.1 Å². The van der Waals surface area contributed by atoms with Gasteiger partial charge in [-0.15, -0.1) is 0 Å². The summed E-state index contributed by atoms with van der Waals surface area (Å²) in [6, 6.07) is 27.0. The van der Waals surface area contributed by atoms with Gasteiger partial charge in [0.1, 0.15) is 62.9 Å². The molecule has 0 aliphatic rings. The minimum Gasteiger partial charge on any atom is -0.443 e. The summed E-state index contributed by atoms with van der Waals surface area (Å²) >= 11 is 0. The van der Waals surface area contributed by atoms with Gasteiger partial charge in [-0.1, -0.05) is 91.0 Å². The normalized spacial score (nSPS) is 14.9. The first kappa shape index (κ1) is 61.2.